The molecule has 0 spiro atoms. The van der Waals surface area contributed by atoms with Gasteiger partial charge in [0, 0.05) is 32.7 Å². The molecule has 1 aromatic carbocycles. The van der Waals surface area contributed by atoms with Crippen molar-refractivity contribution in [1.82, 2.24) is 9.29 Å². The first-order chi connectivity index (χ1) is 19.5. The molecule has 1 amide bonds. The Morgan fingerprint density at radius 2 is 1.73 bits per heavy atom. The fraction of sp³-hybridized carbons (Fsp3) is 0.467. The third-order valence-electron chi connectivity index (χ3n) is 8.50. The Hall–Kier alpha value is -2.86. The van der Waals surface area contributed by atoms with Crippen LogP contribution < -0.4 is 9.80 Å². The fourth-order valence-electron chi connectivity index (χ4n) is 5.95. The number of amides is 1. The molecule has 3 aromatic rings. The Balaban J connectivity index is 1.16. The van der Waals surface area contributed by atoms with Crippen molar-refractivity contribution in [2.45, 2.75) is 31.1 Å². The van der Waals surface area contributed by atoms with Crippen molar-refractivity contribution in [1.29, 1.82) is 0 Å². The van der Waals surface area contributed by atoms with Crippen molar-refractivity contribution in [3.8, 4) is 0 Å². The van der Waals surface area contributed by atoms with Crippen LogP contribution in [0.25, 0.3) is 0 Å². The van der Waals surface area contributed by atoms with Gasteiger partial charge in [-0.05, 0) is 65.1 Å². The summed E-state index contributed by atoms with van der Waals surface area (Å²) in [5.41, 5.74) is 1.68. The van der Waals surface area contributed by atoms with Gasteiger partial charge in [0.25, 0.3) is 5.91 Å². The molecule has 0 N–H and O–H groups in total. The Bertz CT molecular complexity index is 1500. The molecule has 3 fully saturated rings. The average Bonchev–Trinajstić information content (AvgIpc) is 3.27. The van der Waals surface area contributed by atoms with E-state index in [0.717, 1.165) is 35.8 Å². The molecule has 2 unspecified atom stereocenters. The number of ether oxygens (including phenoxy) is 1. The highest BCUT2D eigenvalue weighted by molar-refractivity contribution is 7.89. The number of piperidine rings is 1. The van der Waals surface area contributed by atoms with Crippen molar-refractivity contribution in [3.63, 3.8) is 0 Å². The normalized spacial score (nSPS) is 22.9. The number of carbonyl (C=O) groups excluding carboxylic acids is 1. The summed E-state index contributed by atoms with van der Waals surface area (Å²) in [6.07, 6.45) is 1.70. The highest BCUT2D eigenvalue weighted by atomic mass is 32.2. The maximum absolute atomic E-state index is 13.8. The van der Waals surface area contributed by atoms with Crippen LogP contribution in [0.1, 0.15) is 36.0 Å². The Kier molecular flexibility index (Phi) is 7.42. The molecule has 2 saturated heterocycles. The summed E-state index contributed by atoms with van der Waals surface area (Å²) in [5, 5.41) is -0.409. The second kappa shape index (κ2) is 10.8. The number of halogens is 1. The number of aromatic nitrogens is 1. The molecule has 6 rings (SSSR count). The summed E-state index contributed by atoms with van der Waals surface area (Å²) in [6.45, 7) is 10.4. The van der Waals surface area contributed by atoms with Gasteiger partial charge >= 0.3 is 0 Å². The number of sulfonamides is 1. The van der Waals surface area contributed by atoms with Crippen LogP contribution in [0.15, 0.2) is 59.6 Å². The number of morpholine rings is 1. The second-order valence-corrected chi connectivity index (χ2v) is 15.1. The topological polar surface area (TPSA) is 83.1 Å². The molecule has 1 aliphatic carbocycles. The van der Waals surface area contributed by atoms with E-state index in [9.17, 15) is 17.6 Å². The van der Waals surface area contributed by atoms with Crippen LogP contribution in [0.2, 0.25) is 0 Å². The standard InChI is InChI=1S/C30H35FN4O4S2/c1-30(2,3)20-4-7-22(8-5-20)41(37,38)34-17-23-24(18-34)25(23)19-35(29(36)26-9-10-27(31)40-26)21-6-11-28(32-16-21)33-12-14-39-15-13-33/h4-11,16,23-25H,12-15,17-19H2,1-3H3. The minimum atomic E-state index is -3.59. The summed E-state index contributed by atoms with van der Waals surface area (Å²) in [7, 11) is -3.59. The molecule has 2 atom stereocenters. The van der Waals surface area contributed by atoms with Gasteiger partial charge < -0.3 is 14.5 Å². The van der Waals surface area contributed by atoms with Gasteiger partial charge in [0.15, 0.2) is 5.13 Å². The smallest absolute Gasteiger partial charge is 0.268 e. The predicted octanol–water partition coefficient (Wildman–Crippen LogP) is 4.63. The summed E-state index contributed by atoms with van der Waals surface area (Å²) in [5.74, 6) is 1.07. The van der Waals surface area contributed by atoms with E-state index in [0.29, 0.717) is 48.3 Å². The van der Waals surface area contributed by atoms with Gasteiger partial charge in [0.05, 0.1) is 34.9 Å². The zero-order valence-electron chi connectivity index (χ0n) is 23.5. The minimum absolute atomic E-state index is 0.0542. The molecule has 41 heavy (non-hydrogen) atoms. The van der Waals surface area contributed by atoms with Gasteiger partial charge in [-0.15, -0.1) is 11.3 Å². The van der Waals surface area contributed by atoms with Crippen LogP contribution in [0, 0.1) is 22.9 Å². The van der Waals surface area contributed by atoms with E-state index < -0.39 is 15.2 Å². The van der Waals surface area contributed by atoms with E-state index in [4.69, 9.17) is 4.74 Å². The van der Waals surface area contributed by atoms with Gasteiger partial charge in [-0.2, -0.15) is 8.70 Å². The summed E-state index contributed by atoms with van der Waals surface area (Å²) in [6, 6.07) is 13.8. The van der Waals surface area contributed by atoms with Gasteiger partial charge in [-0.3, -0.25) is 4.79 Å². The third-order valence-corrected chi connectivity index (χ3v) is 11.2. The van der Waals surface area contributed by atoms with E-state index in [-0.39, 0.29) is 29.1 Å². The lowest BCUT2D eigenvalue weighted by molar-refractivity contribution is 0.0988. The van der Waals surface area contributed by atoms with Crippen LogP contribution in [-0.2, 0) is 20.2 Å². The number of anilines is 2. The van der Waals surface area contributed by atoms with Gasteiger partial charge in [-0.25, -0.2) is 13.4 Å². The maximum Gasteiger partial charge on any atom is 0.268 e. The van der Waals surface area contributed by atoms with Crippen LogP contribution in [0.4, 0.5) is 15.9 Å². The molecule has 3 aliphatic rings. The number of hydrogen-bond donors (Lipinski definition) is 0. The molecular weight excluding hydrogens is 563 g/mol. The van der Waals surface area contributed by atoms with Gasteiger partial charge in [0.2, 0.25) is 10.0 Å². The van der Waals surface area contributed by atoms with E-state index in [1.54, 1.807) is 27.5 Å². The molecule has 11 heteroatoms. The Labute approximate surface area is 244 Å². The molecule has 2 aliphatic heterocycles. The van der Waals surface area contributed by atoms with Crippen LogP contribution in [0.5, 0.6) is 0 Å². The molecule has 4 heterocycles. The summed E-state index contributed by atoms with van der Waals surface area (Å²) < 4.78 is 47.6. The second-order valence-electron chi connectivity index (χ2n) is 12.1. The lowest BCUT2D eigenvalue weighted by Crippen LogP contribution is -2.37. The van der Waals surface area contributed by atoms with E-state index >= 15 is 0 Å². The number of carbonyl (C=O) groups is 1. The largest absolute Gasteiger partial charge is 0.378 e. The molecule has 2 aromatic heterocycles. The van der Waals surface area contributed by atoms with Crippen LogP contribution in [0.3, 0.4) is 0 Å². The fourth-order valence-corrected chi connectivity index (χ4v) is 8.14. The number of hydrogen-bond acceptors (Lipinski definition) is 7. The van der Waals surface area contributed by atoms with E-state index in [1.165, 1.54) is 12.1 Å². The third kappa shape index (κ3) is 5.64. The first-order valence-electron chi connectivity index (χ1n) is 14.0. The van der Waals surface area contributed by atoms with Crippen molar-refractivity contribution in [2.24, 2.45) is 17.8 Å². The first-order valence-corrected chi connectivity index (χ1v) is 16.2. The predicted molar refractivity (Wildman–Crippen MR) is 158 cm³/mol. The SMILES string of the molecule is CC(C)(C)c1ccc(S(=O)(=O)N2CC3C(CN(C(=O)c4ccc(F)s4)c4ccc(N5CCOCC5)nc4)C3C2)cc1. The molecular formula is C30H35FN4O4S2. The van der Waals surface area contributed by atoms with Crippen LogP contribution >= 0.6 is 11.3 Å². The highest BCUT2D eigenvalue weighted by Crippen LogP contribution is 2.53. The monoisotopic (exact) mass is 598 g/mol. The van der Waals surface area contributed by atoms with Crippen molar-refractivity contribution < 1.29 is 22.3 Å². The van der Waals surface area contributed by atoms with Gasteiger partial charge in [-0.1, -0.05) is 32.9 Å². The molecule has 8 nitrogen and oxygen atoms in total. The van der Waals surface area contributed by atoms with E-state index in [1.807, 2.05) is 24.3 Å². The summed E-state index contributed by atoms with van der Waals surface area (Å²) in [4.78, 5) is 22.6. The number of rotatable bonds is 7. The summed E-state index contributed by atoms with van der Waals surface area (Å²) >= 11 is 0.829. The number of nitrogens with zero attached hydrogens (tertiary/aromatic N) is 4. The molecule has 1 saturated carbocycles. The Morgan fingerprint density at radius 1 is 1.05 bits per heavy atom. The van der Waals surface area contributed by atoms with Gasteiger partial charge in [0.1, 0.15) is 5.82 Å². The molecule has 218 valence electrons. The lowest BCUT2D eigenvalue weighted by Gasteiger charge is -2.29. The maximum atomic E-state index is 13.8. The lowest BCUT2D eigenvalue weighted by atomic mass is 9.87. The van der Waals surface area contributed by atoms with E-state index in [2.05, 4.69) is 30.7 Å². The van der Waals surface area contributed by atoms with Crippen molar-refractivity contribution >= 4 is 38.8 Å². The number of fused-ring (bicyclic) bond motifs is 1. The highest BCUT2D eigenvalue weighted by Gasteiger charge is 2.58. The zero-order valence-corrected chi connectivity index (χ0v) is 25.1. The molecule has 0 bridgehead atoms. The van der Waals surface area contributed by atoms with Crippen molar-refractivity contribution in [3.05, 3.63) is 70.3 Å². The quantitative estimate of drug-likeness (QED) is 0.395. The Morgan fingerprint density at radius 3 is 2.29 bits per heavy atom. The van der Waals surface area contributed by atoms with Crippen molar-refractivity contribution in [2.75, 3.05) is 55.7 Å². The molecule has 0 radical (unpaired) electrons. The number of pyridine rings is 1. The first kappa shape index (κ1) is 28.3. The van der Waals surface area contributed by atoms with Crippen LogP contribution in [-0.4, -0.2) is 69.6 Å². The number of thiophene rings is 1. The number of benzene rings is 1. The zero-order chi connectivity index (χ0) is 28.9. The average molecular weight is 599 g/mol. The minimum Gasteiger partial charge on any atom is -0.378 e.